The summed E-state index contributed by atoms with van der Waals surface area (Å²) in [5.41, 5.74) is 3.56. The zero-order valence-corrected chi connectivity index (χ0v) is 16.5. The number of hydrogen-bond donors (Lipinski definition) is 2. The second kappa shape index (κ2) is 6.17. The summed E-state index contributed by atoms with van der Waals surface area (Å²) in [6, 6.07) is 5.89. The molecular formula is C23H25NO4. The summed E-state index contributed by atoms with van der Waals surface area (Å²) >= 11 is 0. The molecule has 146 valence electrons. The zero-order valence-electron chi connectivity index (χ0n) is 16.5. The van der Waals surface area contributed by atoms with Gasteiger partial charge in [-0.1, -0.05) is 0 Å². The lowest BCUT2D eigenvalue weighted by molar-refractivity contribution is 0.229. The second-order valence-corrected chi connectivity index (χ2v) is 7.97. The van der Waals surface area contributed by atoms with E-state index in [0.29, 0.717) is 17.5 Å². The van der Waals surface area contributed by atoms with Crippen LogP contribution in [0.1, 0.15) is 29.5 Å². The summed E-state index contributed by atoms with van der Waals surface area (Å²) in [6.45, 7) is 4.04. The molecule has 2 aliphatic heterocycles. The van der Waals surface area contributed by atoms with Crippen molar-refractivity contribution in [2.75, 3.05) is 20.8 Å². The normalized spacial score (nSPS) is 19.0. The number of ether oxygens (including phenoxy) is 2. The lowest BCUT2D eigenvalue weighted by Crippen LogP contribution is -2.35. The molecule has 3 aromatic carbocycles. The number of phenolic OH excluding ortho intramolecular Hbond substituents is 2. The Balaban J connectivity index is 1.97. The molecule has 0 bridgehead atoms. The molecule has 0 saturated carbocycles. The molecule has 0 radical (unpaired) electrons. The molecule has 2 N–H and O–H groups in total. The molecule has 0 aliphatic carbocycles. The maximum absolute atomic E-state index is 10.9. The summed E-state index contributed by atoms with van der Waals surface area (Å²) in [4.78, 5) is 2.55. The fraction of sp³-hybridized carbons (Fsp3) is 0.391. The molecule has 5 heteroatoms. The van der Waals surface area contributed by atoms with E-state index in [-0.39, 0.29) is 11.5 Å². The first-order chi connectivity index (χ1) is 13.5. The Labute approximate surface area is 164 Å². The van der Waals surface area contributed by atoms with Crippen molar-refractivity contribution in [3.63, 3.8) is 0 Å². The molecule has 1 atom stereocenters. The number of benzene rings is 3. The van der Waals surface area contributed by atoms with Gasteiger partial charge >= 0.3 is 0 Å². The summed E-state index contributed by atoms with van der Waals surface area (Å²) in [5.74, 6) is 1.44. The van der Waals surface area contributed by atoms with Crippen LogP contribution in [0.15, 0.2) is 18.2 Å². The topological polar surface area (TPSA) is 62.2 Å². The van der Waals surface area contributed by atoms with Gasteiger partial charge in [-0.05, 0) is 77.7 Å². The Morgan fingerprint density at radius 3 is 2.46 bits per heavy atom. The molecule has 3 aromatic rings. The van der Waals surface area contributed by atoms with Crippen molar-refractivity contribution in [2.45, 2.75) is 38.8 Å². The van der Waals surface area contributed by atoms with Gasteiger partial charge in [-0.2, -0.15) is 0 Å². The van der Waals surface area contributed by atoms with Crippen LogP contribution in [-0.4, -0.2) is 41.9 Å². The van der Waals surface area contributed by atoms with Gasteiger partial charge < -0.3 is 19.7 Å². The summed E-state index contributed by atoms with van der Waals surface area (Å²) in [6.07, 6.45) is 3.40. The van der Waals surface area contributed by atoms with Crippen molar-refractivity contribution in [1.29, 1.82) is 0 Å². The van der Waals surface area contributed by atoms with Gasteiger partial charge in [0.25, 0.3) is 0 Å². The van der Waals surface area contributed by atoms with E-state index in [4.69, 9.17) is 9.47 Å². The Morgan fingerprint density at radius 2 is 1.71 bits per heavy atom. The summed E-state index contributed by atoms with van der Waals surface area (Å²) in [5, 5.41) is 25.2. The maximum atomic E-state index is 10.9. The minimum absolute atomic E-state index is 0.134. The van der Waals surface area contributed by atoms with Gasteiger partial charge in [0.1, 0.15) is 11.5 Å². The molecule has 0 unspecified atom stereocenters. The van der Waals surface area contributed by atoms with E-state index in [9.17, 15) is 10.2 Å². The van der Waals surface area contributed by atoms with E-state index in [1.54, 1.807) is 26.4 Å². The second-order valence-electron chi connectivity index (χ2n) is 7.97. The zero-order chi connectivity index (χ0) is 19.6. The monoisotopic (exact) mass is 379 g/mol. The van der Waals surface area contributed by atoms with E-state index < -0.39 is 0 Å². The average Bonchev–Trinajstić information content (AvgIpc) is 3.15. The molecule has 5 rings (SSSR count). The van der Waals surface area contributed by atoms with Crippen LogP contribution in [0, 0.1) is 6.92 Å². The molecule has 0 aromatic heterocycles. The highest BCUT2D eigenvalue weighted by atomic mass is 16.5. The van der Waals surface area contributed by atoms with Gasteiger partial charge in [-0.25, -0.2) is 0 Å². The van der Waals surface area contributed by atoms with Gasteiger partial charge in [0.05, 0.1) is 14.2 Å². The van der Waals surface area contributed by atoms with Crippen molar-refractivity contribution >= 4 is 21.5 Å². The standard InChI is InChI=1S/C23H25NO4/c1-12-20(27-2)10-19(26)23-16-9-21(28-3)18(25)8-15(16)14-7-13-5-4-6-24(13)11-17(14)22(12)23/h8-10,13,25-26H,4-7,11H2,1-3H3/t13-/m1/s1. The van der Waals surface area contributed by atoms with Crippen molar-refractivity contribution in [2.24, 2.45) is 0 Å². The van der Waals surface area contributed by atoms with E-state index in [0.717, 1.165) is 46.6 Å². The fourth-order valence-electron chi connectivity index (χ4n) is 5.29. The van der Waals surface area contributed by atoms with Gasteiger partial charge in [-0.15, -0.1) is 0 Å². The smallest absolute Gasteiger partial charge is 0.161 e. The summed E-state index contributed by atoms with van der Waals surface area (Å²) < 4.78 is 10.9. The number of nitrogens with zero attached hydrogens (tertiary/aromatic N) is 1. The minimum Gasteiger partial charge on any atom is -0.507 e. The van der Waals surface area contributed by atoms with Crippen LogP contribution in [0.4, 0.5) is 0 Å². The largest absolute Gasteiger partial charge is 0.507 e. The Kier molecular flexibility index (Phi) is 3.85. The molecule has 2 heterocycles. The molecule has 28 heavy (non-hydrogen) atoms. The molecule has 0 amide bonds. The first kappa shape index (κ1) is 17.4. The van der Waals surface area contributed by atoms with Crippen molar-refractivity contribution in [3.8, 4) is 23.0 Å². The van der Waals surface area contributed by atoms with Gasteiger partial charge in [0, 0.05) is 24.0 Å². The van der Waals surface area contributed by atoms with Crippen LogP contribution in [0.3, 0.4) is 0 Å². The van der Waals surface area contributed by atoms with Crippen molar-refractivity contribution in [1.82, 2.24) is 4.90 Å². The van der Waals surface area contributed by atoms with Crippen LogP contribution in [0.25, 0.3) is 21.5 Å². The number of aryl methyl sites for hydroxylation is 1. The Bertz CT molecular complexity index is 1120. The third kappa shape index (κ3) is 2.29. The van der Waals surface area contributed by atoms with E-state index in [1.165, 1.54) is 24.0 Å². The SMILES string of the molecule is COc1cc2c(cc1O)c1c(c3c(C)c(OC)cc(O)c32)CN2CCC[C@@H]2C1. The van der Waals surface area contributed by atoms with E-state index in [1.807, 2.05) is 6.07 Å². The van der Waals surface area contributed by atoms with Crippen LogP contribution >= 0.6 is 0 Å². The van der Waals surface area contributed by atoms with E-state index >= 15 is 0 Å². The minimum atomic E-state index is 0.134. The highest BCUT2D eigenvalue weighted by Crippen LogP contribution is 2.48. The lowest BCUT2D eigenvalue weighted by atomic mass is 9.83. The molecule has 2 aliphatic rings. The first-order valence-corrected chi connectivity index (χ1v) is 9.82. The van der Waals surface area contributed by atoms with Crippen LogP contribution in [0.5, 0.6) is 23.0 Å². The number of methoxy groups -OCH3 is 2. The molecule has 0 spiro atoms. The predicted molar refractivity (Wildman–Crippen MR) is 110 cm³/mol. The van der Waals surface area contributed by atoms with Gasteiger partial charge in [-0.3, -0.25) is 4.90 Å². The quantitative estimate of drug-likeness (QED) is 0.652. The number of aromatic hydroxyl groups is 2. The maximum Gasteiger partial charge on any atom is 0.161 e. The number of fused-ring (bicyclic) bond motifs is 7. The molecular weight excluding hydrogens is 354 g/mol. The molecule has 5 nitrogen and oxygen atoms in total. The van der Waals surface area contributed by atoms with Crippen LogP contribution in [-0.2, 0) is 13.0 Å². The van der Waals surface area contributed by atoms with Crippen LogP contribution in [0.2, 0.25) is 0 Å². The third-order valence-corrected chi connectivity index (χ3v) is 6.62. The molecule has 1 saturated heterocycles. The first-order valence-electron chi connectivity index (χ1n) is 9.82. The lowest BCUT2D eigenvalue weighted by Gasteiger charge is -2.34. The Hall–Kier alpha value is -2.66. The highest BCUT2D eigenvalue weighted by molar-refractivity contribution is 6.16. The van der Waals surface area contributed by atoms with Gasteiger partial charge in [0.2, 0.25) is 0 Å². The predicted octanol–water partition coefficient (Wildman–Crippen LogP) is 4.25. The van der Waals surface area contributed by atoms with Crippen molar-refractivity contribution in [3.05, 3.63) is 34.9 Å². The number of phenols is 2. The Morgan fingerprint density at radius 1 is 0.929 bits per heavy atom. The van der Waals surface area contributed by atoms with E-state index in [2.05, 4.69) is 11.8 Å². The van der Waals surface area contributed by atoms with Crippen LogP contribution < -0.4 is 9.47 Å². The molecule has 1 fully saturated rings. The third-order valence-electron chi connectivity index (χ3n) is 6.62. The number of rotatable bonds is 2. The number of hydrogen-bond acceptors (Lipinski definition) is 5. The average molecular weight is 379 g/mol. The summed E-state index contributed by atoms with van der Waals surface area (Å²) in [7, 11) is 3.19. The van der Waals surface area contributed by atoms with Crippen molar-refractivity contribution < 1.29 is 19.7 Å². The fourth-order valence-corrected chi connectivity index (χ4v) is 5.29. The highest BCUT2D eigenvalue weighted by Gasteiger charge is 2.33. The van der Waals surface area contributed by atoms with Gasteiger partial charge in [0.15, 0.2) is 11.5 Å².